The lowest BCUT2D eigenvalue weighted by molar-refractivity contribution is -0.385. The lowest BCUT2D eigenvalue weighted by atomic mass is 10.0. The number of sulfonamides is 1. The van der Waals surface area contributed by atoms with Crippen molar-refractivity contribution in [3.8, 4) is 0 Å². The Morgan fingerprint density at radius 1 is 1.35 bits per heavy atom. The van der Waals surface area contributed by atoms with E-state index in [0.717, 1.165) is 10.4 Å². The minimum Gasteiger partial charge on any atom is -0.387 e. The summed E-state index contributed by atoms with van der Waals surface area (Å²) in [5.41, 5.74) is -0.246. The van der Waals surface area contributed by atoms with Crippen LogP contribution >= 0.6 is 0 Å². The van der Waals surface area contributed by atoms with Crippen LogP contribution in [0, 0.1) is 24.0 Å². The number of nitro groups is 1. The Bertz CT molecular complexity index is 673. The Hall–Kier alpha value is -1.51. The molecule has 0 bridgehead atoms. The molecule has 7 nitrogen and oxygen atoms in total. The minimum absolute atomic E-state index is 0.00391. The van der Waals surface area contributed by atoms with Crippen LogP contribution in [0.3, 0.4) is 0 Å². The van der Waals surface area contributed by atoms with E-state index >= 15 is 0 Å². The molecule has 0 aromatic heterocycles. The number of hydrogen-bond acceptors (Lipinski definition) is 5. The molecule has 1 heterocycles. The SMILES string of the molecule is Cc1cc(S(=O)(=O)N2CC(C)(O)C2)cc([N+](=O)[O-])c1C. The summed E-state index contributed by atoms with van der Waals surface area (Å²) < 4.78 is 25.8. The predicted molar refractivity (Wildman–Crippen MR) is 72.0 cm³/mol. The number of nitro benzene ring substituents is 1. The Balaban J connectivity index is 2.46. The number of aliphatic hydroxyl groups is 1. The summed E-state index contributed by atoms with van der Waals surface area (Å²) >= 11 is 0. The smallest absolute Gasteiger partial charge is 0.273 e. The van der Waals surface area contributed by atoms with Crippen LogP contribution in [-0.2, 0) is 10.0 Å². The van der Waals surface area contributed by atoms with Crippen LogP contribution in [0.5, 0.6) is 0 Å². The highest BCUT2D eigenvalue weighted by atomic mass is 32.2. The van der Waals surface area contributed by atoms with Crippen molar-refractivity contribution in [3.05, 3.63) is 33.4 Å². The van der Waals surface area contributed by atoms with Crippen LogP contribution in [0.25, 0.3) is 0 Å². The topological polar surface area (TPSA) is 101 Å². The molecule has 1 aliphatic heterocycles. The molecule has 0 unspecified atom stereocenters. The fourth-order valence-electron chi connectivity index (χ4n) is 2.18. The number of β-amino-alcohol motifs (C(OH)–C–C–N with tert-alkyl or cyclic N) is 1. The molecule has 0 saturated carbocycles. The summed E-state index contributed by atoms with van der Waals surface area (Å²) in [7, 11) is -3.80. The highest BCUT2D eigenvalue weighted by Gasteiger charge is 2.44. The highest BCUT2D eigenvalue weighted by Crippen LogP contribution is 2.31. The van der Waals surface area contributed by atoms with E-state index in [0.29, 0.717) is 11.1 Å². The molecule has 0 radical (unpaired) electrons. The normalized spacial score (nSPS) is 18.6. The van der Waals surface area contributed by atoms with Gasteiger partial charge in [0.05, 0.1) is 15.4 Å². The molecular weight excluding hydrogens is 284 g/mol. The van der Waals surface area contributed by atoms with Crippen LogP contribution in [0.15, 0.2) is 17.0 Å². The lowest BCUT2D eigenvalue weighted by Gasteiger charge is -2.42. The summed E-state index contributed by atoms with van der Waals surface area (Å²) in [6.45, 7) is 4.75. The van der Waals surface area contributed by atoms with Crippen molar-refractivity contribution in [2.75, 3.05) is 13.1 Å². The van der Waals surface area contributed by atoms with Gasteiger partial charge >= 0.3 is 0 Å². The Labute approximate surface area is 117 Å². The predicted octanol–water partition coefficient (Wildman–Crippen LogP) is 0.967. The van der Waals surface area contributed by atoms with Gasteiger partial charge in [0.15, 0.2) is 0 Å². The standard InChI is InChI=1S/C12H16N2O5S/c1-8-4-10(5-11(9(8)2)14(16)17)20(18,19)13-6-12(3,15)7-13/h4-5,15H,6-7H2,1-3H3. The summed E-state index contributed by atoms with van der Waals surface area (Å²) in [5.74, 6) is 0. The largest absolute Gasteiger partial charge is 0.387 e. The second kappa shape index (κ2) is 4.51. The van der Waals surface area contributed by atoms with Crippen LogP contribution in [0.1, 0.15) is 18.1 Å². The Kier molecular flexibility index (Phi) is 3.35. The van der Waals surface area contributed by atoms with Crippen LogP contribution in [0.2, 0.25) is 0 Å². The first-order valence-corrected chi connectivity index (χ1v) is 7.47. The fourth-order valence-corrected chi connectivity index (χ4v) is 3.96. The Morgan fingerprint density at radius 3 is 2.35 bits per heavy atom. The number of benzene rings is 1. The van der Waals surface area contributed by atoms with Gasteiger partial charge in [-0.3, -0.25) is 10.1 Å². The number of hydrogen-bond donors (Lipinski definition) is 1. The molecule has 110 valence electrons. The highest BCUT2D eigenvalue weighted by molar-refractivity contribution is 7.89. The molecule has 1 aromatic rings. The number of aryl methyl sites for hydroxylation is 1. The first-order chi connectivity index (χ1) is 9.04. The van der Waals surface area contributed by atoms with E-state index in [2.05, 4.69) is 0 Å². The zero-order valence-electron chi connectivity index (χ0n) is 11.5. The van der Waals surface area contributed by atoms with Gasteiger partial charge in [0.1, 0.15) is 0 Å². The van der Waals surface area contributed by atoms with Crippen molar-refractivity contribution in [1.82, 2.24) is 4.31 Å². The summed E-state index contributed by atoms with van der Waals surface area (Å²) in [5, 5.41) is 20.6. The molecule has 2 rings (SSSR count). The Morgan fingerprint density at radius 2 is 1.90 bits per heavy atom. The van der Waals surface area contributed by atoms with Crippen molar-refractivity contribution < 1.29 is 18.4 Å². The van der Waals surface area contributed by atoms with Crippen molar-refractivity contribution in [2.24, 2.45) is 0 Å². The second-order valence-electron chi connectivity index (χ2n) is 5.41. The van der Waals surface area contributed by atoms with Crippen LogP contribution in [-0.4, -0.2) is 41.4 Å². The molecule has 8 heteroatoms. The maximum Gasteiger partial charge on any atom is 0.273 e. The summed E-state index contributed by atoms with van der Waals surface area (Å²) in [6.07, 6.45) is 0. The van der Waals surface area contributed by atoms with Crippen molar-refractivity contribution in [3.63, 3.8) is 0 Å². The number of rotatable bonds is 3. The monoisotopic (exact) mass is 300 g/mol. The van der Waals surface area contributed by atoms with Gasteiger partial charge in [-0.15, -0.1) is 0 Å². The first-order valence-electron chi connectivity index (χ1n) is 6.03. The third-order valence-corrected chi connectivity index (χ3v) is 5.25. The average Bonchev–Trinajstić information content (AvgIpc) is 2.28. The van der Waals surface area contributed by atoms with Crippen LogP contribution < -0.4 is 0 Å². The van der Waals surface area contributed by atoms with Crippen molar-refractivity contribution in [2.45, 2.75) is 31.3 Å². The molecule has 0 spiro atoms. The van der Waals surface area contributed by atoms with E-state index in [1.54, 1.807) is 20.8 Å². The first kappa shape index (κ1) is 14.9. The number of nitrogens with zero attached hydrogens (tertiary/aromatic N) is 2. The van der Waals surface area contributed by atoms with E-state index in [-0.39, 0.29) is 23.7 Å². The molecule has 1 N–H and O–H groups in total. The van der Waals surface area contributed by atoms with Crippen LogP contribution in [0.4, 0.5) is 5.69 Å². The molecular formula is C12H16N2O5S. The quantitative estimate of drug-likeness (QED) is 0.662. The molecule has 0 aliphatic carbocycles. The summed E-state index contributed by atoms with van der Waals surface area (Å²) in [4.78, 5) is 10.3. The van der Waals surface area contributed by atoms with E-state index in [9.17, 15) is 23.6 Å². The van der Waals surface area contributed by atoms with Crippen molar-refractivity contribution >= 4 is 15.7 Å². The van der Waals surface area contributed by atoms with Gasteiger partial charge < -0.3 is 5.11 Å². The summed E-state index contributed by atoms with van der Waals surface area (Å²) in [6, 6.07) is 2.50. The van der Waals surface area contributed by atoms with Gasteiger partial charge in [0, 0.05) is 24.7 Å². The zero-order valence-corrected chi connectivity index (χ0v) is 12.3. The van der Waals surface area contributed by atoms with E-state index in [4.69, 9.17) is 0 Å². The maximum absolute atomic E-state index is 12.3. The van der Waals surface area contributed by atoms with E-state index < -0.39 is 20.5 Å². The lowest BCUT2D eigenvalue weighted by Crippen LogP contribution is -2.61. The van der Waals surface area contributed by atoms with Gasteiger partial charge in [-0.05, 0) is 32.4 Å². The fraction of sp³-hybridized carbons (Fsp3) is 0.500. The molecule has 1 aromatic carbocycles. The third-order valence-electron chi connectivity index (χ3n) is 3.48. The molecule has 0 amide bonds. The van der Waals surface area contributed by atoms with Gasteiger partial charge in [-0.2, -0.15) is 4.31 Å². The average molecular weight is 300 g/mol. The van der Waals surface area contributed by atoms with Gasteiger partial charge in [-0.1, -0.05) is 0 Å². The van der Waals surface area contributed by atoms with Gasteiger partial charge in [0.2, 0.25) is 10.0 Å². The molecule has 0 atom stereocenters. The maximum atomic E-state index is 12.3. The van der Waals surface area contributed by atoms with E-state index in [1.807, 2.05) is 0 Å². The van der Waals surface area contributed by atoms with E-state index in [1.165, 1.54) is 6.07 Å². The molecule has 1 saturated heterocycles. The second-order valence-corrected chi connectivity index (χ2v) is 7.35. The minimum atomic E-state index is -3.80. The molecule has 1 fully saturated rings. The van der Waals surface area contributed by atoms with Gasteiger partial charge in [-0.25, -0.2) is 8.42 Å². The molecule has 20 heavy (non-hydrogen) atoms. The third kappa shape index (κ3) is 2.41. The molecule has 1 aliphatic rings. The zero-order chi connectivity index (χ0) is 15.3. The van der Waals surface area contributed by atoms with Gasteiger partial charge in [0.25, 0.3) is 5.69 Å². The van der Waals surface area contributed by atoms with Crippen molar-refractivity contribution in [1.29, 1.82) is 0 Å².